The number of methoxy groups -OCH3 is 1. The molecule has 1 aliphatic heterocycles. The van der Waals surface area contributed by atoms with E-state index in [4.69, 9.17) is 25.6 Å². The number of carbonyl (C=O) groups excluding carboxylic acids is 1. The van der Waals surface area contributed by atoms with Gasteiger partial charge in [-0.15, -0.1) is 0 Å². The molecule has 0 radical (unpaired) electrons. The lowest BCUT2D eigenvalue weighted by Crippen LogP contribution is -2.50. The van der Waals surface area contributed by atoms with E-state index in [9.17, 15) is 9.59 Å². The van der Waals surface area contributed by atoms with Crippen LogP contribution in [-0.2, 0) is 16.2 Å². The molecule has 1 aromatic heterocycles. The molecule has 34 heavy (non-hydrogen) atoms. The smallest absolute Gasteiger partial charge is 0.420 e. The predicted molar refractivity (Wildman–Crippen MR) is 130 cm³/mol. The van der Waals surface area contributed by atoms with Crippen LogP contribution in [0.15, 0.2) is 55.8 Å². The lowest BCUT2D eigenvalue weighted by Gasteiger charge is -2.36. The van der Waals surface area contributed by atoms with Crippen LogP contribution in [0, 0.1) is 0 Å². The number of rotatable bonds is 6. The molecule has 11 heteroatoms. The molecule has 1 amide bonds. The number of carbonyl (C=O) groups is 1. The summed E-state index contributed by atoms with van der Waals surface area (Å²) in [5.74, 6) is 0.101. The second-order valence-electron chi connectivity index (χ2n) is 7.58. The zero-order chi connectivity index (χ0) is 24.2. The molecule has 2 heterocycles. The number of fused-ring (bicyclic) bond motifs is 1. The molecule has 0 unspecified atom stereocenters. The van der Waals surface area contributed by atoms with Gasteiger partial charge in [-0.05, 0) is 37.0 Å². The maximum atomic E-state index is 13.0. The number of oxime groups is 1. The summed E-state index contributed by atoms with van der Waals surface area (Å²) in [6.45, 7) is 5.71. The lowest BCUT2D eigenvalue weighted by atomic mass is 10.2. The highest BCUT2D eigenvalue weighted by molar-refractivity contribution is 6.32. The first-order chi connectivity index (χ1) is 16.4. The van der Waals surface area contributed by atoms with Gasteiger partial charge in [0.1, 0.15) is 19.4 Å². The Morgan fingerprint density at radius 1 is 1.15 bits per heavy atom. The molecule has 1 saturated heterocycles. The number of halogens is 1. The Bertz CT molecular complexity index is 1310. The lowest BCUT2D eigenvalue weighted by molar-refractivity contribution is -0.132. The van der Waals surface area contributed by atoms with Crippen molar-refractivity contribution in [2.75, 3.05) is 45.3 Å². The number of nitrogens with zero attached hydrogens (tertiary/aromatic N) is 5. The number of piperazine rings is 1. The van der Waals surface area contributed by atoms with Gasteiger partial charge in [0.2, 0.25) is 5.91 Å². The molecule has 1 fully saturated rings. The molecule has 0 bridgehead atoms. The fourth-order valence-corrected chi connectivity index (χ4v) is 4.10. The van der Waals surface area contributed by atoms with Crippen LogP contribution in [0.1, 0.15) is 5.56 Å². The van der Waals surface area contributed by atoms with Gasteiger partial charge in [-0.3, -0.25) is 9.36 Å². The molecule has 2 aromatic carbocycles. The summed E-state index contributed by atoms with van der Waals surface area (Å²) in [5.41, 5.74) is 2.39. The van der Waals surface area contributed by atoms with Crippen molar-refractivity contribution < 1.29 is 18.8 Å². The molecule has 3 aromatic rings. The van der Waals surface area contributed by atoms with Crippen LogP contribution in [0.2, 0.25) is 5.02 Å². The van der Waals surface area contributed by atoms with E-state index in [1.807, 2.05) is 12.1 Å². The van der Waals surface area contributed by atoms with Gasteiger partial charge in [0.05, 0.1) is 17.6 Å². The number of aromatic nitrogens is 1. The van der Waals surface area contributed by atoms with Gasteiger partial charge in [0, 0.05) is 43.5 Å². The van der Waals surface area contributed by atoms with E-state index in [1.165, 1.54) is 11.7 Å². The highest BCUT2D eigenvalue weighted by Crippen LogP contribution is 2.29. The Balaban J connectivity index is 1.45. The maximum absolute atomic E-state index is 13.0. The van der Waals surface area contributed by atoms with Crippen molar-refractivity contribution in [3.63, 3.8) is 0 Å². The van der Waals surface area contributed by atoms with Crippen molar-refractivity contribution >= 4 is 46.8 Å². The van der Waals surface area contributed by atoms with Crippen molar-refractivity contribution in [1.29, 1.82) is 0 Å². The molecule has 0 aliphatic carbocycles. The Kier molecular flexibility index (Phi) is 6.87. The third-order valence-electron chi connectivity index (χ3n) is 5.68. The summed E-state index contributed by atoms with van der Waals surface area (Å²) >= 11 is 6.12. The van der Waals surface area contributed by atoms with E-state index in [1.54, 1.807) is 36.3 Å². The largest absolute Gasteiger partial charge is 0.495 e. The Morgan fingerprint density at radius 2 is 1.91 bits per heavy atom. The summed E-state index contributed by atoms with van der Waals surface area (Å²) in [7, 11) is 2.98. The van der Waals surface area contributed by atoms with E-state index >= 15 is 0 Å². The first-order valence-corrected chi connectivity index (χ1v) is 10.9. The minimum absolute atomic E-state index is 0.112. The van der Waals surface area contributed by atoms with Gasteiger partial charge in [0.15, 0.2) is 11.4 Å². The van der Waals surface area contributed by atoms with Crippen molar-refractivity contribution in [1.82, 2.24) is 9.47 Å². The van der Waals surface area contributed by atoms with Gasteiger partial charge in [-0.1, -0.05) is 16.8 Å². The molecular formula is C23H24ClN5O5. The Hall–Kier alpha value is -3.79. The molecule has 4 rings (SSSR count). The van der Waals surface area contributed by atoms with E-state index in [0.717, 1.165) is 5.69 Å². The Labute approximate surface area is 200 Å². The van der Waals surface area contributed by atoms with Crippen molar-refractivity contribution in [2.24, 2.45) is 10.1 Å². The predicted octanol–water partition coefficient (Wildman–Crippen LogP) is 2.61. The van der Waals surface area contributed by atoms with E-state index in [2.05, 4.69) is 21.8 Å². The highest BCUT2D eigenvalue weighted by atomic mass is 35.5. The molecule has 0 spiro atoms. The van der Waals surface area contributed by atoms with Crippen LogP contribution < -0.4 is 15.4 Å². The fourth-order valence-electron chi connectivity index (χ4n) is 3.91. The quantitative estimate of drug-likeness (QED) is 0.302. The molecule has 0 saturated carbocycles. The van der Waals surface area contributed by atoms with Crippen LogP contribution in [-0.4, -0.2) is 68.3 Å². The van der Waals surface area contributed by atoms with Crippen LogP contribution in [0.3, 0.4) is 0 Å². The molecule has 0 N–H and O–H groups in total. The highest BCUT2D eigenvalue weighted by Gasteiger charge is 2.24. The SMILES string of the molecule is C=N/C(=N\OC)c1ccc2c(c1)oc(=O)n2CC(=O)N1CCN(c2ccc(Cl)c(OC)c2)CC1. The standard InChI is InChI=1S/C23H24ClN5O5/c1-25-22(26-33-3)15-4-7-18-20(12-15)34-23(31)29(18)14-21(30)28-10-8-27(9-11-28)16-5-6-17(24)19(13-16)32-2/h4-7,12-13H,1,8-11,14H2,2-3H3/b26-22-. The average molecular weight is 486 g/mol. The summed E-state index contributed by atoms with van der Waals surface area (Å²) in [5, 5.41) is 4.33. The van der Waals surface area contributed by atoms with E-state index < -0.39 is 5.76 Å². The van der Waals surface area contributed by atoms with Crippen molar-refractivity contribution in [2.45, 2.75) is 6.54 Å². The van der Waals surface area contributed by atoms with Crippen LogP contribution in [0.25, 0.3) is 11.1 Å². The van der Waals surface area contributed by atoms with Crippen LogP contribution in [0.5, 0.6) is 5.75 Å². The summed E-state index contributed by atoms with van der Waals surface area (Å²) < 4.78 is 12.0. The monoisotopic (exact) mass is 485 g/mol. The zero-order valence-electron chi connectivity index (χ0n) is 18.9. The van der Waals surface area contributed by atoms with Gasteiger partial charge >= 0.3 is 5.76 Å². The number of hydrogen-bond donors (Lipinski definition) is 0. The van der Waals surface area contributed by atoms with Gasteiger partial charge < -0.3 is 23.8 Å². The normalized spacial score (nSPS) is 14.4. The first-order valence-electron chi connectivity index (χ1n) is 10.5. The number of hydrogen-bond acceptors (Lipinski definition) is 7. The summed E-state index contributed by atoms with van der Waals surface area (Å²) in [6.07, 6.45) is 0. The molecule has 10 nitrogen and oxygen atoms in total. The third-order valence-corrected chi connectivity index (χ3v) is 5.99. The fraction of sp³-hybridized carbons (Fsp3) is 0.304. The van der Waals surface area contributed by atoms with E-state index in [0.29, 0.717) is 53.6 Å². The molecule has 0 atom stereocenters. The number of ether oxygens (including phenoxy) is 1. The number of aliphatic imine (C=N–C) groups is 1. The van der Waals surface area contributed by atoms with Crippen molar-refractivity contribution in [3.05, 3.63) is 57.5 Å². The average Bonchev–Trinajstić information content (AvgIpc) is 3.16. The van der Waals surface area contributed by atoms with Crippen LogP contribution >= 0.6 is 11.6 Å². The topological polar surface area (TPSA) is 102 Å². The molecular weight excluding hydrogens is 462 g/mol. The first kappa shape index (κ1) is 23.4. The minimum Gasteiger partial charge on any atom is -0.495 e. The summed E-state index contributed by atoms with van der Waals surface area (Å²) in [6, 6.07) is 10.6. The second kappa shape index (κ2) is 10.0. The number of amidine groups is 1. The van der Waals surface area contributed by atoms with Gasteiger partial charge in [-0.2, -0.15) is 0 Å². The number of benzene rings is 2. The maximum Gasteiger partial charge on any atom is 0.420 e. The van der Waals surface area contributed by atoms with Gasteiger partial charge in [0.25, 0.3) is 0 Å². The van der Waals surface area contributed by atoms with Crippen LogP contribution in [0.4, 0.5) is 5.69 Å². The van der Waals surface area contributed by atoms with E-state index in [-0.39, 0.29) is 18.3 Å². The zero-order valence-corrected chi connectivity index (χ0v) is 19.6. The van der Waals surface area contributed by atoms with Gasteiger partial charge in [-0.25, -0.2) is 9.79 Å². The minimum atomic E-state index is -0.607. The number of oxazole rings is 1. The Morgan fingerprint density at radius 3 is 2.59 bits per heavy atom. The third kappa shape index (κ3) is 4.62. The number of anilines is 1. The number of amides is 1. The second-order valence-corrected chi connectivity index (χ2v) is 7.99. The molecule has 178 valence electrons. The molecule has 1 aliphatic rings. The van der Waals surface area contributed by atoms with Crippen molar-refractivity contribution in [3.8, 4) is 5.75 Å². The summed E-state index contributed by atoms with van der Waals surface area (Å²) in [4.78, 5) is 37.9.